The molecule has 2 amide bonds. The number of nitrogens with one attached hydrogen (secondary N) is 3. The third kappa shape index (κ3) is 6.91. The SMILES string of the molecule is CC(CC(=O)Nc1cccc(OCC(=O)Nc2ccccc2)c1)C1CCNCC1. The summed E-state index contributed by atoms with van der Waals surface area (Å²) in [6, 6.07) is 16.4. The largest absolute Gasteiger partial charge is 0.484 e. The Hall–Kier alpha value is -2.86. The highest BCUT2D eigenvalue weighted by Crippen LogP contribution is 2.25. The first kappa shape index (κ1) is 20.9. The monoisotopic (exact) mass is 395 g/mol. The van der Waals surface area contributed by atoms with Crippen LogP contribution in [0, 0.1) is 11.8 Å². The maximum atomic E-state index is 12.4. The fourth-order valence-electron chi connectivity index (χ4n) is 3.62. The smallest absolute Gasteiger partial charge is 0.262 e. The van der Waals surface area contributed by atoms with E-state index in [1.165, 1.54) is 0 Å². The predicted molar refractivity (Wildman–Crippen MR) is 115 cm³/mol. The number of benzene rings is 2. The molecular weight excluding hydrogens is 366 g/mol. The normalized spacial score (nSPS) is 15.3. The summed E-state index contributed by atoms with van der Waals surface area (Å²) in [5, 5.41) is 9.08. The maximum absolute atomic E-state index is 12.4. The molecule has 0 saturated carbocycles. The molecule has 1 aliphatic rings. The first-order valence-electron chi connectivity index (χ1n) is 10.2. The van der Waals surface area contributed by atoms with Gasteiger partial charge in [-0.15, -0.1) is 0 Å². The number of piperidine rings is 1. The van der Waals surface area contributed by atoms with Crippen molar-refractivity contribution in [1.82, 2.24) is 5.32 Å². The van der Waals surface area contributed by atoms with E-state index < -0.39 is 0 Å². The third-order valence-corrected chi connectivity index (χ3v) is 5.24. The molecule has 0 spiro atoms. The lowest BCUT2D eigenvalue weighted by Crippen LogP contribution is -2.32. The van der Waals surface area contributed by atoms with Crippen molar-refractivity contribution >= 4 is 23.2 Å². The zero-order chi connectivity index (χ0) is 20.5. The van der Waals surface area contributed by atoms with E-state index in [1.807, 2.05) is 36.4 Å². The van der Waals surface area contributed by atoms with E-state index in [4.69, 9.17) is 4.74 Å². The number of carbonyl (C=O) groups is 2. The molecule has 1 heterocycles. The minimum atomic E-state index is -0.235. The van der Waals surface area contributed by atoms with Crippen LogP contribution in [0.2, 0.25) is 0 Å². The van der Waals surface area contributed by atoms with Gasteiger partial charge in [0.25, 0.3) is 5.91 Å². The number of para-hydroxylation sites is 1. The second-order valence-electron chi connectivity index (χ2n) is 7.55. The molecule has 3 rings (SSSR count). The molecule has 3 N–H and O–H groups in total. The first-order valence-corrected chi connectivity index (χ1v) is 10.2. The second-order valence-corrected chi connectivity index (χ2v) is 7.55. The zero-order valence-electron chi connectivity index (χ0n) is 16.8. The van der Waals surface area contributed by atoms with E-state index in [0.29, 0.717) is 29.7 Å². The Kier molecular flexibility index (Phi) is 7.64. The molecule has 0 radical (unpaired) electrons. The lowest BCUT2D eigenvalue weighted by molar-refractivity contribution is -0.118. The van der Waals surface area contributed by atoms with Crippen molar-refractivity contribution in [2.75, 3.05) is 30.3 Å². The molecule has 1 saturated heterocycles. The minimum Gasteiger partial charge on any atom is -0.484 e. The number of hydrogen-bond donors (Lipinski definition) is 3. The molecule has 1 aliphatic heterocycles. The van der Waals surface area contributed by atoms with Gasteiger partial charge in [-0.2, -0.15) is 0 Å². The van der Waals surface area contributed by atoms with Crippen molar-refractivity contribution in [2.45, 2.75) is 26.2 Å². The molecule has 6 heteroatoms. The van der Waals surface area contributed by atoms with Crippen LogP contribution in [-0.2, 0) is 9.59 Å². The number of anilines is 2. The maximum Gasteiger partial charge on any atom is 0.262 e. The summed E-state index contributed by atoms with van der Waals surface area (Å²) in [6.07, 6.45) is 2.76. The van der Waals surface area contributed by atoms with Gasteiger partial charge in [-0.3, -0.25) is 9.59 Å². The van der Waals surface area contributed by atoms with Crippen molar-refractivity contribution < 1.29 is 14.3 Å². The van der Waals surface area contributed by atoms with Crippen molar-refractivity contribution in [2.24, 2.45) is 11.8 Å². The molecule has 1 fully saturated rings. The Labute approximate surface area is 172 Å². The van der Waals surface area contributed by atoms with Gasteiger partial charge in [0.15, 0.2) is 6.61 Å². The molecule has 29 heavy (non-hydrogen) atoms. The third-order valence-electron chi connectivity index (χ3n) is 5.24. The van der Waals surface area contributed by atoms with Gasteiger partial charge in [-0.05, 0) is 62.0 Å². The highest BCUT2D eigenvalue weighted by molar-refractivity contribution is 5.92. The standard InChI is InChI=1S/C23H29N3O3/c1-17(18-10-12-24-13-11-18)14-22(27)26-20-8-5-9-21(15-20)29-16-23(28)25-19-6-3-2-4-7-19/h2-9,15,17-18,24H,10-14,16H2,1H3,(H,25,28)(H,26,27). The molecule has 2 aromatic rings. The minimum absolute atomic E-state index is 0.00926. The summed E-state index contributed by atoms with van der Waals surface area (Å²) in [7, 11) is 0. The highest BCUT2D eigenvalue weighted by atomic mass is 16.5. The Morgan fingerprint density at radius 3 is 2.45 bits per heavy atom. The fraction of sp³-hybridized carbons (Fsp3) is 0.391. The van der Waals surface area contributed by atoms with E-state index in [-0.39, 0.29) is 18.4 Å². The topological polar surface area (TPSA) is 79.5 Å². The van der Waals surface area contributed by atoms with E-state index in [0.717, 1.165) is 31.6 Å². The summed E-state index contributed by atoms with van der Waals surface area (Å²) in [6.45, 7) is 4.13. The van der Waals surface area contributed by atoms with E-state index >= 15 is 0 Å². The first-order chi connectivity index (χ1) is 14.1. The Bertz CT molecular complexity index is 804. The quantitative estimate of drug-likeness (QED) is 0.637. The number of hydrogen-bond acceptors (Lipinski definition) is 4. The molecule has 0 aromatic heterocycles. The van der Waals surface area contributed by atoms with Gasteiger partial charge in [0.05, 0.1) is 0 Å². The number of rotatable bonds is 8. The molecule has 6 nitrogen and oxygen atoms in total. The molecule has 1 atom stereocenters. The van der Waals surface area contributed by atoms with Crippen LogP contribution in [0.3, 0.4) is 0 Å². The van der Waals surface area contributed by atoms with Crippen LogP contribution in [0.25, 0.3) is 0 Å². The van der Waals surface area contributed by atoms with Crippen LogP contribution in [0.1, 0.15) is 26.2 Å². The molecule has 2 aromatic carbocycles. The van der Waals surface area contributed by atoms with E-state index in [9.17, 15) is 9.59 Å². The van der Waals surface area contributed by atoms with Crippen molar-refractivity contribution in [3.8, 4) is 5.75 Å². The summed E-state index contributed by atoms with van der Waals surface area (Å²) >= 11 is 0. The molecule has 1 unspecified atom stereocenters. The van der Waals surface area contributed by atoms with Crippen LogP contribution in [0.15, 0.2) is 54.6 Å². The Balaban J connectivity index is 1.46. The fourth-order valence-corrected chi connectivity index (χ4v) is 3.62. The Morgan fingerprint density at radius 1 is 1.00 bits per heavy atom. The van der Waals surface area contributed by atoms with Crippen molar-refractivity contribution in [3.63, 3.8) is 0 Å². The zero-order valence-corrected chi connectivity index (χ0v) is 16.8. The van der Waals surface area contributed by atoms with Crippen LogP contribution < -0.4 is 20.7 Å². The van der Waals surface area contributed by atoms with E-state index in [1.54, 1.807) is 18.2 Å². The van der Waals surface area contributed by atoms with Crippen LogP contribution in [0.4, 0.5) is 11.4 Å². The van der Waals surface area contributed by atoms with Crippen LogP contribution >= 0.6 is 0 Å². The number of carbonyl (C=O) groups excluding carboxylic acids is 2. The van der Waals surface area contributed by atoms with Crippen LogP contribution in [-0.4, -0.2) is 31.5 Å². The summed E-state index contributed by atoms with van der Waals surface area (Å²) < 4.78 is 5.57. The lowest BCUT2D eigenvalue weighted by atomic mass is 9.84. The second kappa shape index (κ2) is 10.6. The summed E-state index contributed by atoms with van der Waals surface area (Å²) in [5.41, 5.74) is 1.40. The van der Waals surface area contributed by atoms with Gasteiger partial charge < -0.3 is 20.7 Å². The molecule has 0 bridgehead atoms. The summed E-state index contributed by atoms with van der Waals surface area (Å²) in [4.78, 5) is 24.4. The summed E-state index contributed by atoms with van der Waals surface area (Å²) in [5.74, 6) is 1.27. The lowest BCUT2D eigenvalue weighted by Gasteiger charge is -2.27. The van der Waals surface area contributed by atoms with Gasteiger partial charge in [0.1, 0.15) is 5.75 Å². The van der Waals surface area contributed by atoms with Crippen LogP contribution in [0.5, 0.6) is 5.75 Å². The van der Waals surface area contributed by atoms with Crippen molar-refractivity contribution in [3.05, 3.63) is 54.6 Å². The highest BCUT2D eigenvalue weighted by Gasteiger charge is 2.22. The average molecular weight is 396 g/mol. The molecular formula is C23H29N3O3. The van der Waals surface area contributed by atoms with E-state index in [2.05, 4.69) is 22.9 Å². The predicted octanol–water partition coefficient (Wildman–Crippen LogP) is 3.67. The van der Waals surface area contributed by atoms with Crippen molar-refractivity contribution in [1.29, 1.82) is 0 Å². The van der Waals surface area contributed by atoms with Gasteiger partial charge >= 0.3 is 0 Å². The average Bonchev–Trinajstić information content (AvgIpc) is 2.74. The molecule has 0 aliphatic carbocycles. The van der Waals surface area contributed by atoms with Gasteiger partial charge in [-0.1, -0.05) is 31.2 Å². The molecule has 154 valence electrons. The van der Waals surface area contributed by atoms with Gasteiger partial charge in [0.2, 0.25) is 5.91 Å². The number of ether oxygens (including phenoxy) is 1. The van der Waals surface area contributed by atoms with Gasteiger partial charge in [0, 0.05) is 23.9 Å². The Morgan fingerprint density at radius 2 is 1.69 bits per heavy atom. The number of amides is 2. The van der Waals surface area contributed by atoms with Gasteiger partial charge in [-0.25, -0.2) is 0 Å².